The normalized spacial score (nSPS) is 19.1. The lowest BCUT2D eigenvalue weighted by Crippen LogP contribution is -2.35. The van der Waals surface area contributed by atoms with Crippen molar-refractivity contribution in [2.24, 2.45) is 0 Å². The fraction of sp³-hybridized carbons (Fsp3) is 0.667. The maximum absolute atomic E-state index is 12.6. The molecule has 1 aliphatic heterocycles. The van der Waals surface area contributed by atoms with Crippen LogP contribution in [0.5, 0.6) is 0 Å². The molecule has 1 aliphatic rings. The zero-order valence-electron chi connectivity index (χ0n) is 11.3. The summed E-state index contributed by atoms with van der Waals surface area (Å²) in [5.74, 6) is 0.576. The van der Waals surface area contributed by atoms with Crippen molar-refractivity contribution in [3.05, 3.63) is 16.0 Å². The van der Waals surface area contributed by atoms with Crippen molar-refractivity contribution < 1.29 is 8.42 Å². The van der Waals surface area contributed by atoms with E-state index in [0.717, 1.165) is 43.0 Å². The van der Waals surface area contributed by atoms with E-state index in [1.54, 1.807) is 10.4 Å². The monoisotopic (exact) mass is 356 g/mol. The number of nitrogens with zero attached hydrogens (tertiary/aromatic N) is 2. The fourth-order valence-electron chi connectivity index (χ4n) is 2.22. The van der Waals surface area contributed by atoms with E-state index in [1.807, 2.05) is 6.92 Å². The predicted molar refractivity (Wildman–Crippen MR) is 84.6 cm³/mol. The van der Waals surface area contributed by atoms with Crippen molar-refractivity contribution in [2.75, 3.05) is 38.6 Å². The Hall–Kier alpha value is 0.150. The Morgan fingerprint density at radius 2 is 2.05 bits per heavy atom. The van der Waals surface area contributed by atoms with Gasteiger partial charge in [-0.25, -0.2) is 8.42 Å². The summed E-state index contributed by atoms with van der Waals surface area (Å²) in [6, 6.07) is 1.66. The lowest BCUT2D eigenvalue weighted by atomic mass is 10.4. The van der Waals surface area contributed by atoms with Gasteiger partial charge >= 0.3 is 0 Å². The summed E-state index contributed by atoms with van der Waals surface area (Å²) in [6.07, 6.45) is 0.828. The van der Waals surface area contributed by atoms with Crippen molar-refractivity contribution in [1.82, 2.24) is 9.21 Å². The summed E-state index contributed by atoms with van der Waals surface area (Å²) in [5, 5.41) is 0. The van der Waals surface area contributed by atoms with Gasteiger partial charge in [0.15, 0.2) is 0 Å². The smallest absolute Gasteiger partial charge is 0.252 e. The average molecular weight is 357 g/mol. The van der Waals surface area contributed by atoms with Crippen LogP contribution in [0.25, 0.3) is 0 Å². The number of aryl methyl sites for hydroxylation is 1. The van der Waals surface area contributed by atoms with Crippen molar-refractivity contribution in [3.8, 4) is 0 Å². The van der Waals surface area contributed by atoms with E-state index in [0.29, 0.717) is 27.5 Å². The van der Waals surface area contributed by atoms with E-state index in [-0.39, 0.29) is 0 Å². The Morgan fingerprint density at radius 1 is 1.30 bits per heavy atom. The van der Waals surface area contributed by atoms with Crippen LogP contribution in [0.3, 0.4) is 0 Å². The van der Waals surface area contributed by atoms with E-state index in [4.69, 9.17) is 23.2 Å². The molecule has 1 aromatic heterocycles. The summed E-state index contributed by atoms with van der Waals surface area (Å²) in [5.41, 5.74) is 0.814. The van der Waals surface area contributed by atoms with Gasteiger partial charge in [-0.05, 0) is 31.5 Å². The first kappa shape index (κ1) is 16.5. The second-order valence-electron chi connectivity index (χ2n) is 4.81. The molecule has 0 unspecified atom stereocenters. The second kappa shape index (κ2) is 6.94. The van der Waals surface area contributed by atoms with Crippen molar-refractivity contribution in [1.29, 1.82) is 0 Å². The highest BCUT2D eigenvalue weighted by atomic mass is 35.5. The topological polar surface area (TPSA) is 40.6 Å². The lowest BCUT2D eigenvalue weighted by Gasteiger charge is -2.20. The molecule has 8 heteroatoms. The molecule has 0 saturated carbocycles. The van der Waals surface area contributed by atoms with Gasteiger partial charge in [-0.1, -0.05) is 11.6 Å². The molecule has 0 amide bonds. The standard InChI is InChI=1S/C12H18Cl2N2O2S2/c1-10-9-11(19-12(10)14)20(17,18)16-5-2-4-15(6-3-13)7-8-16/h9H,2-8H2,1H3. The number of hydrogen-bond donors (Lipinski definition) is 0. The molecule has 2 heterocycles. The van der Waals surface area contributed by atoms with Crippen LogP contribution in [-0.4, -0.2) is 56.2 Å². The first-order chi connectivity index (χ1) is 9.45. The molecular weight excluding hydrogens is 339 g/mol. The SMILES string of the molecule is Cc1cc(S(=O)(=O)N2CCCN(CCCl)CC2)sc1Cl. The third kappa shape index (κ3) is 3.67. The van der Waals surface area contributed by atoms with Crippen LogP contribution in [0.4, 0.5) is 0 Å². The molecule has 0 spiro atoms. The molecule has 0 aliphatic carbocycles. The third-order valence-corrected chi connectivity index (χ3v) is 7.45. The number of rotatable bonds is 4. The molecule has 0 atom stereocenters. The Balaban J connectivity index is 2.13. The van der Waals surface area contributed by atoms with Crippen molar-refractivity contribution in [2.45, 2.75) is 17.6 Å². The summed E-state index contributed by atoms with van der Waals surface area (Å²) < 4.78 is 27.6. The Kier molecular flexibility index (Phi) is 5.73. The third-order valence-electron chi connectivity index (χ3n) is 3.38. The van der Waals surface area contributed by atoms with Gasteiger partial charge in [0.25, 0.3) is 10.0 Å². The van der Waals surface area contributed by atoms with Crippen LogP contribution in [-0.2, 0) is 10.0 Å². The van der Waals surface area contributed by atoms with Gasteiger partial charge in [-0.2, -0.15) is 4.31 Å². The minimum absolute atomic E-state index is 0.339. The molecule has 0 bridgehead atoms. The minimum atomic E-state index is -3.42. The summed E-state index contributed by atoms with van der Waals surface area (Å²) in [4.78, 5) is 2.20. The maximum atomic E-state index is 12.6. The zero-order valence-corrected chi connectivity index (χ0v) is 14.5. The highest BCUT2D eigenvalue weighted by Crippen LogP contribution is 2.32. The second-order valence-corrected chi connectivity index (χ2v) is 9.01. The lowest BCUT2D eigenvalue weighted by molar-refractivity contribution is 0.303. The molecular formula is C12H18Cl2N2O2S2. The number of hydrogen-bond acceptors (Lipinski definition) is 4. The van der Waals surface area contributed by atoms with E-state index < -0.39 is 10.0 Å². The fourth-order valence-corrected chi connectivity index (χ4v) is 5.79. The summed E-state index contributed by atoms with van der Waals surface area (Å²) >= 11 is 12.9. The van der Waals surface area contributed by atoms with Crippen LogP contribution < -0.4 is 0 Å². The number of sulfonamides is 1. The Morgan fingerprint density at radius 3 is 2.65 bits per heavy atom. The highest BCUT2D eigenvalue weighted by Gasteiger charge is 2.28. The summed E-state index contributed by atoms with van der Waals surface area (Å²) in [7, 11) is -3.42. The molecule has 114 valence electrons. The zero-order chi connectivity index (χ0) is 14.8. The van der Waals surface area contributed by atoms with Crippen LogP contribution in [0, 0.1) is 6.92 Å². The van der Waals surface area contributed by atoms with Crippen molar-refractivity contribution in [3.63, 3.8) is 0 Å². The quantitative estimate of drug-likeness (QED) is 0.778. The van der Waals surface area contributed by atoms with Crippen molar-refractivity contribution >= 4 is 44.6 Å². The van der Waals surface area contributed by atoms with E-state index in [2.05, 4.69) is 4.90 Å². The van der Waals surface area contributed by atoms with E-state index in [9.17, 15) is 8.42 Å². The minimum Gasteiger partial charge on any atom is -0.301 e. The van der Waals surface area contributed by atoms with Crippen LogP contribution in [0.15, 0.2) is 10.3 Å². The molecule has 0 N–H and O–H groups in total. The van der Waals surface area contributed by atoms with Gasteiger partial charge in [-0.3, -0.25) is 0 Å². The first-order valence-electron chi connectivity index (χ1n) is 6.49. The number of alkyl halides is 1. The van der Waals surface area contributed by atoms with Gasteiger partial charge in [0.2, 0.25) is 0 Å². The van der Waals surface area contributed by atoms with E-state index in [1.165, 1.54) is 0 Å². The van der Waals surface area contributed by atoms with Gasteiger partial charge in [-0.15, -0.1) is 22.9 Å². The molecule has 2 rings (SSSR count). The molecule has 4 nitrogen and oxygen atoms in total. The van der Waals surface area contributed by atoms with Crippen LogP contribution in [0.2, 0.25) is 4.34 Å². The van der Waals surface area contributed by atoms with Gasteiger partial charge in [0, 0.05) is 32.1 Å². The Labute approximate surface area is 134 Å². The van der Waals surface area contributed by atoms with Gasteiger partial charge < -0.3 is 4.90 Å². The Bertz CT molecular complexity index is 540. The molecule has 1 fully saturated rings. The van der Waals surface area contributed by atoms with E-state index >= 15 is 0 Å². The van der Waals surface area contributed by atoms with Crippen LogP contribution in [0.1, 0.15) is 12.0 Å². The highest BCUT2D eigenvalue weighted by molar-refractivity contribution is 7.91. The van der Waals surface area contributed by atoms with Gasteiger partial charge in [0.05, 0.1) is 4.34 Å². The molecule has 0 aromatic carbocycles. The molecule has 1 saturated heterocycles. The van der Waals surface area contributed by atoms with Gasteiger partial charge in [0.1, 0.15) is 4.21 Å². The predicted octanol–water partition coefficient (Wildman–Crippen LogP) is 2.65. The maximum Gasteiger partial charge on any atom is 0.252 e. The number of thiophene rings is 1. The molecule has 20 heavy (non-hydrogen) atoms. The van der Waals surface area contributed by atoms with Crippen LogP contribution >= 0.6 is 34.5 Å². The molecule has 1 aromatic rings. The first-order valence-corrected chi connectivity index (χ1v) is 9.66. The summed E-state index contributed by atoms with van der Waals surface area (Å²) in [6.45, 7) is 5.30. The number of halogens is 2. The molecule has 0 radical (unpaired) electrons. The largest absolute Gasteiger partial charge is 0.301 e. The average Bonchev–Trinajstić information content (AvgIpc) is 2.63.